The predicted octanol–water partition coefficient (Wildman–Crippen LogP) is 3.85. The highest BCUT2D eigenvalue weighted by Crippen LogP contribution is 2.48. The minimum Gasteiger partial charge on any atom is -0.459 e. The van der Waals surface area contributed by atoms with Gasteiger partial charge in [-0.2, -0.15) is 61.5 Å². The Balaban J connectivity index is 3.54. The molecular formula is C24H32F14O11. The van der Waals surface area contributed by atoms with Gasteiger partial charge in [0.15, 0.2) is 0 Å². The Morgan fingerprint density at radius 3 is 0.633 bits per heavy atom. The zero-order valence-electron chi connectivity index (χ0n) is 25.1. The van der Waals surface area contributed by atoms with Gasteiger partial charge in [0.2, 0.25) is 0 Å². The number of halogens is 14. The molecule has 0 unspecified atom stereocenters. The predicted molar refractivity (Wildman–Crippen MR) is 130 cm³/mol. The summed E-state index contributed by atoms with van der Waals surface area (Å²) in [6.07, 6.45) is -13.3. The van der Waals surface area contributed by atoms with Crippen molar-refractivity contribution in [3.8, 4) is 0 Å². The maximum Gasteiger partial charge on any atom is 0.460 e. The number of alkyl halides is 14. The lowest BCUT2D eigenvalue weighted by Gasteiger charge is -2.26. The molecule has 0 aliphatic carbocycles. The first kappa shape index (κ1) is 46.7. The average molecular weight is 762 g/mol. The maximum atomic E-state index is 13.1. The van der Waals surface area contributed by atoms with E-state index in [1.165, 1.54) is 0 Å². The van der Waals surface area contributed by atoms with Gasteiger partial charge in [-0.3, -0.25) is 0 Å². The summed E-state index contributed by atoms with van der Waals surface area (Å²) in [6, 6.07) is 0. The highest BCUT2D eigenvalue weighted by atomic mass is 19.4. The molecule has 292 valence electrons. The molecule has 25 heteroatoms. The number of carbonyl (C=O) groups excluding carboxylic acids is 2. The molecule has 0 aromatic heterocycles. The lowest BCUT2D eigenvalue weighted by molar-refractivity contribution is -0.348. The van der Waals surface area contributed by atoms with Crippen molar-refractivity contribution in [1.82, 2.24) is 0 Å². The molecule has 0 fully saturated rings. The van der Waals surface area contributed by atoms with E-state index >= 15 is 0 Å². The molecule has 0 aliphatic heterocycles. The fraction of sp³-hybridized carbons (Fsp3) is 0.917. The van der Waals surface area contributed by atoms with Crippen LogP contribution in [-0.2, 0) is 52.2 Å². The van der Waals surface area contributed by atoms with Crippen molar-refractivity contribution >= 4 is 11.9 Å². The molecule has 0 saturated heterocycles. The van der Waals surface area contributed by atoms with Gasteiger partial charge < -0.3 is 42.6 Å². The van der Waals surface area contributed by atoms with Gasteiger partial charge in [0.05, 0.1) is 92.5 Å². The number of ether oxygens (including phenoxy) is 9. The van der Waals surface area contributed by atoms with Crippen LogP contribution in [0.1, 0.15) is 0 Å². The van der Waals surface area contributed by atoms with Crippen LogP contribution < -0.4 is 0 Å². The molecule has 0 aliphatic rings. The largest absolute Gasteiger partial charge is 0.460 e. The fourth-order valence-corrected chi connectivity index (χ4v) is 2.60. The Hall–Kier alpha value is -2.32. The summed E-state index contributed by atoms with van der Waals surface area (Å²) >= 11 is 0. The topological polar surface area (TPSA) is 117 Å². The summed E-state index contributed by atoms with van der Waals surface area (Å²) in [5.41, 5.74) is 0. The first-order chi connectivity index (χ1) is 22.5. The highest BCUT2D eigenvalue weighted by Gasteiger charge is 2.78. The Labute approximate surface area is 268 Å². The second-order valence-corrected chi connectivity index (χ2v) is 8.85. The van der Waals surface area contributed by atoms with Crippen molar-refractivity contribution in [2.75, 3.05) is 106 Å². The zero-order chi connectivity index (χ0) is 37.8. The van der Waals surface area contributed by atoms with Crippen molar-refractivity contribution < 1.29 is 114 Å². The van der Waals surface area contributed by atoms with Crippen LogP contribution in [0.2, 0.25) is 0 Å². The first-order valence-electron chi connectivity index (χ1n) is 13.6. The third-order valence-electron chi connectivity index (χ3n) is 5.17. The molecule has 0 spiro atoms. The molecule has 0 radical (unpaired) electrons. The highest BCUT2D eigenvalue weighted by molar-refractivity contribution is 5.79. The molecule has 0 heterocycles. The van der Waals surface area contributed by atoms with E-state index < -0.39 is 74.4 Å². The van der Waals surface area contributed by atoms with E-state index in [9.17, 15) is 71.1 Å². The van der Waals surface area contributed by atoms with E-state index in [1.807, 2.05) is 0 Å². The van der Waals surface area contributed by atoms with E-state index in [4.69, 9.17) is 33.2 Å². The summed E-state index contributed by atoms with van der Waals surface area (Å²) in [5, 5.41) is 0. The van der Waals surface area contributed by atoms with E-state index in [1.54, 1.807) is 0 Å². The van der Waals surface area contributed by atoms with Gasteiger partial charge in [-0.25, -0.2) is 9.59 Å². The van der Waals surface area contributed by atoms with Crippen molar-refractivity contribution in [3.63, 3.8) is 0 Å². The van der Waals surface area contributed by atoms with Crippen LogP contribution in [-0.4, -0.2) is 154 Å². The fourth-order valence-electron chi connectivity index (χ4n) is 2.60. The van der Waals surface area contributed by atoms with Crippen molar-refractivity contribution in [2.24, 2.45) is 0 Å². The Kier molecular flexibility index (Phi) is 20.8. The van der Waals surface area contributed by atoms with Gasteiger partial charge in [0, 0.05) is 0 Å². The second-order valence-electron chi connectivity index (χ2n) is 8.85. The minimum absolute atomic E-state index is 0.0478. The summed E-state index contributed by atoms with van der Waals surface area (Å²) in [5.74, 6) is -31.6. The average Bonchev–Trinajstić information content (AvgIpc) is 2.99. The molecule has 0 aromatic rings. The number of hydrogen-bond donors (Lipinski definition) is 0. The third kappa shape index (κ3) is 16.1. The lowest BCUT2D eigenvalue weighted by Crippen LogP contribution is -2.56. The van der Waals surface area contributed by atoms with E-state index in [2.05, 4.69) is 9.47 Å². The van der Waals surface area contributed by atoms with Crippen molar-refractivity contribution in [2.45, 2.75) is 36.0 Å². The van der Waals surface area contributed by atoms with Crippen molar-refractivity contribution in [1.29, 1.82) is 0 Å². The zero-order valence-corrected chi connectivity index (χ0v) is 25.1. The van der Waals surface area contributed by atoms with Gasteiger partial charge in [0.25, 0.3) is 0 Å². The third-order valence-corrected chi connectivity index (χ3v) is 5.17. The Morgan fingerprint density at radius 2 is 0.469 bits per heavy atom. The van der Waals surface area contributed by atoms with Crippen LogP contribution in [0.4, 0.5) is 61.5 Å². The van der Waals surface area contributed by atoms with Crippen LogP contribution in [0.25, 0.3) is 0 Å². The Morgan fingerprint density at radius 1 is 0.306 bits per heavy atom. The van der Waals surface area contributed by atoms with E-state index in [0.717, 1.165) is 0 Å². The molecule has 0 saturated carbocycles. The lowest BCUT2D eigenvalue weighted by atomic mass is 10.1. The van der Waals surface area contributed by atoms with Crippen LogP contribution in [0.3, 0.4) is 0 Å². The summed E-state index contributed by atoms with van der Waals surface area (Å²) in [6.45, 7) is -2.46. The summed E-state index contributed by atoms with van der Waals surface area (Å²) in [7, 11) is 0. The monoisotopic (exact) mass is 762 g/mol. The summed E-state index contributed by atoms with van der Waals surface area (Å²) < 4.78 is 218. The van der Waals surface area contributed by atoms with Crippen LogP contribution in [0.5, 0.6) is 0 Å². The first-order valence-corrected chi connectivity index (χ1v) is 13.6. The molecule has 11 nitrogen and oxygen atoms in total. The second kappa shape index (κ2) is 21.8. The standard InChI is InChI=1S/C24H32F14O11/c25-19(26,21(29,30)23(33,34)35)17(39)48-15-13-46-11-9-44-7-5-42-3-1-41-2-4-43-6-8-45-10-12-47-14-16-49-18(40)20(27,28)22(31,32)24(36,37)38/h1-16H2. The smallest absolute Gasteiger partial charge is 0.459 e. The molecule has 0 aromatic carbocycles. The van der Waals surface area contributed by atoms with Crippen molar-refractivity contribution in [3.05, 3.63) is 0 Å². The maximum absolute atomic E-state index is 13.1. The van der Waals surface area contributed by atoms with E-state index in [-0.39, 0.29) is 79.3 Å². The van der Waals surface area contributed by atoms with Crippen LogP contribution >= 0.6 is 0 Å². The normalized spacial score (nSPS) is 13.5. The summed E-state index contributed by atoms with van der Waals surface area (Å²) in [4.78, 5) is 21.8. The molecule has 0 N–H and O–H groups in total. The quantitative estimate of drug-likeness (QED) is 0.0658. The number of esters is 2. The Bertz CT molecular complexity index is 862. The van der Waals surface area contributed by atoms with Gasteiger partial charge >= 0.3 is 48.0 Å². The molecule has 49 heavy (non-hydrogen) atoms. The van der Waals surface area contributed by atoms with Gasteiger partial charge in [-0.15, -0.1) is 0 Å². The van der Waals surface area contributed by atoms with Gasteiger partial charge in [-0.1, -0.05) is 0 Å². The van der Waals surface area contributed by atoms with E-state index in [0.29, 0.717) is 0 Å². The molecule has 0 bridgehead atoms. The number of hydrogen-bond acceptors (Lipinski definition) is 11. The van der Waals surface area contributed by atoms with Gasteiger partial charge in [0.1, 0.15) is 13.2 Å². The van der Waals surface area contributed by atoms with Crippen LogP contribution in [0.15, 0.2) is 0 Å². The SMILES string of the molecule is O=C(OCCOCCOCCOCCOCCOCCOCCOCCOC(=O)C(F)(F)C(F)(F)C(F)(F)F)C(F)(F)C(F)(F)C(F)(F)F. The van der Waals surface area contributed by atoms with Crippen LogP contribution in [0, 0.1) is 0 Å². The number of rotatable bonds is 28. The molecular weight excluding hydrogens is 730 g/mol. The molecule has 0 rings (SSSR count). The minimum atomic E-state index is -6.67. The molecule has 0 atom stereocenters. The molecule has 0 amide bonds. The number of carbonyl (C=O) groups is 2. The van der Waals surface area contributed by atoms with Gasteiger partial charge in [-0.05, 0) is 0 Å².